The van der Waals surface area contributed by atoms with E-state index in [0.29, 0.717) is 15.7 Å². The first kappa shape index (κ1) is 18.9. The number of aromatic carboxylic acids is 1. The lowest BCUT2D eigenvalue weighted by molar-refractivity contribution is 0.0698. The molecule has 0 saturated carbocycles. The van der Waals surface area contributed by atoms with Gasteiger partial charge in [0.1, 0.15) is 0 Å². The van der Waals surface area contributed by atoms with E-state index in [1.165, 1.54) is 6.07 Å². The lowest BCUT2D eigenvalue weighted by Gasteiger charge is -2.20. The number of halogens is 2. The number of carboxylic acids is 1. The first-order chi connectivity index (χ1) is 13.5. The van der Waals surface area contributed by atoms with Gasteiger partial charge in [-0.05, 0) is 47.2 Å². The van der Waals surface area contributed by atoms with Crippen molar-refractivity contribution >= 4 is 63.2 Å². The highest BCUT2D eigenvalue weighted by molar-refractivity contribution is 8.04. The molecule has 0 spiro atoms. The number of carboxylic acid groups (broad SMARTS) is 1. The third-order valence-corrected chi connectivity index (χ3v) is 5.52. The number of nitrogens with zero attached hydrogens (tertiary/aromatic N) is 1. The van der Waals surface area contributed by atoms with Crippen molar-refractivity contribution in [2.45, 2.75) is 5.92 Å². The number of thioether (sulfide) groups is 1. The van der Waals surface area contributed by atoms with Crippen LogP contribution >= 0.6 is 35.0 Å². The third kappa shape index (κ3) is 3.74. The van der Waals surface area contributed by atoms with Gasteiger partial charge in [0.2, 0.25) is 0 Å². The number of fused-ring (bicyclic) bond motifs is 1. The Bertz CT molecular complexity index is 1130. The highest BCUT2D eigenvalue weighted by atomic mass is 35.5. The molecule has 0 amide bonds. The van der Waals surface area contributed by atoms with Crippen molar-refractivity contribution in [2.75, 3.05) is 5.32 Å². The van der Waals surface area contributed by atoms with Gasteiger partial charge in [-0.25, -0.2) is 4.79 Å². The number of hydrogen-bond acceptors (Lipinski definition) is 4. The molecule has 3 aromatic rings. The largest absolute Gasteiger partial charge is 0.478 e. The minimum Gasteiger partial charge on any atom is -0.478 e. The molecule has 1 aromatic heterocycles. The van der Waals surface area contributed by atoms with Crippen LogP contribution in [0.5, 0.6) is 0 Å². The quantitative estimate of drug-likeness (QED) is 0.475. The van der Waals surface area contributed by atoms with E-state index in [0.717, 1.165) is 22.2 Å². The normalized spacial score (nSPS) is 13.8. The van der Waals surface area contributed by atoms with Crippen LogP contribution in [0, 0.1) is 0 Å². The molecular weight excluding hydrogens is 415 g/mol. The van der Waals surface area contributed by atoms with Gasteiger partial charge in [-0.2, -0.15) is 0 Å². The molecule has 2 N–H and O–H groups in total. The van der Waals surface area contributed by atoms with E-state index in [-0.39, 0.29) is 11.5 Å². The fourth-order valence-electron chi connectivity index (χ4n) is 3.09. The SMILES string of the molecule is O=C(O)c1cc(Cl)ccc1Nc1c(C2C=CSC=C2)cnc2ccc(Cl)cc12. The predicted molar refractivity (Wildman–Crippen MR) is 117 cm³/mol. The van der Waals surface area contributed by atoms with E-state index in [9.17, 15) is 9.90 Å². The zero-order valence-electron chi connectivity index (χ0n) is 14.4. The van der Waals surface area contributed by atoms with Crippen molar-refractivity contribution in [3.63, 3.8) is 0 Å². The Morgan fingerprint density at radius 1 is 1.07 bits per heavy atom. The molecule has 0 bridgehead atoms. The standard InChI is InChI=1S/C21H14Cl2N2O2S/c22-13-1-3-18-15(9-13)20(17(11-24-18)12-5-7-28-8-6-12)25-19-4-2-14(23)10-16(19)21(26)27/h1-12H,(H,24,25)(H,26,27). The molecule has 2 aromatic carbocycles. The van der Waals surface area contributed by atoms with E-state index in [1.807, 2.05) is 29.1 Å². The molecular formula is C21H14Cl2N2O2S. The first-order valence-corrected chi connectivity index (χ1v) is 10.1. The molecule has 2 heterocycles. The molecule has 0 fully saturated rings. The highest BCUT2D eigenvalue weighted by Crippen LogP contribution is 2.38. The number of rotatable bonds is 4. The Morgan fingerprint density at radius 3 is 2.54 bits per heavy atom. The number of nitrogens with one attached hydrogen (secondary N) is 1. The van der Waals surface area contributed by atoms with Gasteiger partial charge in [-0.1, -0.05) is 35.4 Å². The van der Waals surface area contributed by atoms with Crippen LogP contribution in [0.25, 0.3) is 10.9 Å². The molecule has 7 heteroatoms. The van der Waals surface area contributed by atoms with Crippen molar-refractivity contribution in [1.82, 2.24) is 4.98 Å². The summed E-state index contributed by atoms with van der Waals surface area (Å²) in [7, 11) is 0. The van der Waals surface area contributed by atoms with E-state index in [4.69, 9.17) is 23.2 Å². The minimum absolute atomic E-state index is 0.0141. The lowest BCUT2D eigenvalue weighted by atomic mass is 9.96. The van der Waals surface area contributed by atoms with Gasteiger partial charge >= 0.3 is 5.97 Å². The molecule has 0 aliphatic carbocycles. The molecule has 1 aliphatic heterocycles. The lowest BCUT2D eigenvalue weighted by Crippen LogP contribution is -2.06. The Morgan fingerprint density at radius 2 is 1.79 bits per heavy atom. The summed E-state index contributed by atoms with van der Waals surface area (Å²) in [5.74, 6) is -1.04. The summed E-state index contributed by atoms with van der Waals surface area (Å²) in [5, 5.41) is 18.7. The summed E-state index contributed by atoms with van der Waals surface area (Å²) in [5.41, 5.74) is 3.00. The van der Waals surface area contributed by atoms with Crippen molar-refractivity contribution in [2.24, 2.45) is 0 Å². The smallest absolute Gasteiger partial charge is 0.337 e. The maximum absolute atomic E-state index is 11.7. The molecule has 4 nitrogen and oxygen atoms in total. The van der Waals surface area contributed by atoms with Gasteiger partial charge in [0.25, 0.3) is 0 Å². The second-order valence-corrected chi connectivity index (χ2v) is 7.88. The van der Waals surface area contributed by atoms with Crippen molar-refractivity contribution < 1.29 is 9.90 Å². The van der Waals surface area contributed by atoms with Gasteiger partial charge in [-0.15, -0.1) is 11.8 Å². The van der Waals surface area contributed by atoms with Crippen LogP contribution in [-0.4, -0.2) is 16.1 Å². The maximum atomic E-state index is 11.7. The second-order valence-electron chi connectivity index (χ2n) is 6.19. The van der Waals surface area contributed by atoms with Gasteiger partial charge in [0.05, 0.1) is 22.5 Å². The van der Waals surface area contributed by atoms with Crippen LogP contribution in [0.1, 0.15) is 21.8 Å². The van der Waals surface area contributed by atoms with Crippen molar-refractivity contribution in [3.05, 3.63) is 86.7 Å². The summed E-state index contributed by atoms with van der Waals surface area (Å²) < 4.78 is 0. The first-order valence-electron chi connectivity index (χ1n) is 8.40. The summed E-state index contributed by atoms with van der Waals surface area (Å²) in [6.07, 6.45) is 5.96. The molecule has 28 heavy (non-hydrogen) atoms. The molecule has 0 atom stereocenters. The van der Waals surface area contributed by atoms with E-state index in [2.05, 4.69) is 22.5 Å². The fourth-order valence-corrected chi connectivity index (χ4v) is 4.04. The van der Waals surface area contributed by atoms with Crippen LogP contribution in [-0.2, 0) is 0 Å². The van der Waals surface area contributed by atoms with Gasteiger partial charge < -0.3 is 10.4 Å². The minimum atomic E-state index is -1.06. The predicted octanol–water partition coefficient (Wildman–Crippen LogP) is 6.84. The summed E-state index contributed by atoms with van der Waals surface area (Å²) in [6, 6.07) is 10.2. The molecule has 0 saturated heterocycles. The zero-order chi connectivity index (χ0) is 19.7. The van der Waals surface area contributed by atoms with Gasteiger partial charge in [0, 0.05) is 33.1 Å². The number of anilines is 2. The Labute approximate surface area is 175 Å². The maximum Gasteiger partial charge on any atom is 0.337 e. The fraction of sp³-hybridized carbons (Fsp3) is 0.0476. The van der Waals surface area contributed by atoms with E-state index < -0.39 is 5.97 Å². The molecule has 4 rings (SSSR count). The average molecular weight is 429 g/mol. The summed E-state index contributed by atoms with van der Waals surface area (Å²) in [4.78, 5) is 16.3. The van der Waals surface area contributed by atoms with Crippen LogP contribution in [0.2, 0.25) is 10.0 Å². The molecule has 0 radical (unpaired) electrons. The Hall–Kier alpha value is -2.47. The topological polar surface area (TPSA) is 62.2 Å². The number of benzene rings is 2. The van der Waals surface area contributed by atoms with Gasteiger partial charge in [0.15, 0.2) is 0 Å². The van der Waals surface area contributed by atoms with Crippen molar-refractivity contribution in [3.8, 4) is 0 Å². The van der Waals surface area contributed by atoms with Crippen LogP contribution in [0.15, 0.2) is 65.6 Å². The summed E-state index contributed by atoms with van der Waals surface area (Å²) in [6.45, 7) is 0. The third-order valence-electron chi connectivity index (χ3n) is 4.42. The van der Waals surface area contributed by atoms with Crippen molar-refractivity contribution in [1.29, 1.82) is 0 Å². The number of allylic oxidation sites excluding steroid dienone is 2. The Balaban J connectivity index is 1.92. The molecule has 0 unspecified atom stereocenters. The average Bonchev–Trinajstić information content (AvgIpc) is 2.70. The highest BCUT2D eigenvalue weighted by Gasteiger charge is 2.19. The summed E-state index contributed by atoms with van der Waals surface area (Å²) >= 11 is 13.8. The van der Waals surface area contributed by atoms with Crippen LogP contribution in [0.4, 0.5) is 11.4 Å². The van der Waals surface area contributed by atoms with Crippen LogP contribution < -0.4 is 5.32 Å². The Kier molecular flexibility index (Phi) is 5.31. The number of aromatic nitrogens is 1. The molecule has 1 aliphatic rings. The van der Waals surface area contributed by atoms with Crippen LogP contribution in [0.3, 0.4) is 0 Å². The van der Waals surface area contributed by atoms with E-state index in [1.54, 1.807) is 30.0 Å². The van der Waals surface area contributed by atoms with E-state index >= 15 is 0 Å². The number of pyridine rings is 1. The van der Waals surface area contributed by atoms with Gasteiger partial charge in [-0.3, -0.25) is 4.98 Å². The number of hydrogen-bond donors (Lipinski definition) is 2. The zero-order valence-corrected chi connectivity index (χ0v) is 16.7. The molecule has 140 valence electrons. The second kappa shape index (κ2) is 7.87. The monoisotopic (exact) mass is 428 g/mol. The number of carbonyl (C=O) groups is 1.